The van der Waals surface area contributed by atoms with Gasteiger partial charge in [-0.1, -0.05) is 11.3 Å². The molecule has 0 aliphatic rings. The van der Waals surface area contributed by atoms with Crippen molar-refractivity contribution in [2.75, 3.05) is 11.9 Å². The SMILES string of the molecule is CC(=O)Nc1nnc(S(=O)(=O)NCCc2csc3ncnn23)s1. The highest BCUT2D eigenvalue weighted by Gasteiger charge is 2.20. The molecule has 0 aliphatic heterocycles. The van der Waals surface area contributed by atoms with Crippen LogP contribution in [-0.4, -0.2) is 45.7 Å². The number of fused-ring (bicyclic) bond motifs is 1. The summed E-state index contributed by atoms with van der Waals surface area (Å²) in [4.78, 5) is 15.7. The van der Waals surface area contributed by atoms with Gasteiger partial charge in [-0.3, -0.25) is 4.79 Å². The van der Waals surface area contributed by atoms with Gasteiger partial charge in [0.05, 0.1) is 5.69 Å². The molecule has 13 heteroatoms. The van der Waals surface area contributed by atoms with Crippen molar-refractivity contribution in [2.45, 2.75) is 17.7 Å². The average Bonchev–Trinajstić information content (AvgIpc) is 3.15. The van der Waals surface area contributed by atoms with Crippen LogP contribution in [0.25, 0.3) is 4.96 Å². The quantitative estimate of drug-likeness (QED) is 0.587. The molecule has 0 aliphatic carbocycles. The van der Waals surface area contributed by atoms with Gasteiger partial charge in [-0.05, 0) is 0 Å². The summed E-state index contributed by atoms with van der Waals surface area (Å²) in [5.41, 5.74) is 0.862. The molecule has 0 radical (unpaired) electrons. The fraction of sp³-hybridized carbons (Fsp3) is 0.300. The minimum absolute atomic E-state index is 0.139. The van der Waals surface area contributed by atoms with Gasteiger partial charge in [-0.15, -0.1) is 21.5 Å². The van der Waals surface area contributed by atoms with Crippen LogP contribution in [0.15, 0.2) is 16.0 Å². The Labute approximate surface area is 138 Å². The van der Waals surface area contributed by atoms with Crippen LogP contribution in [0.3, 0.4) is 0 Å². The Morgan fingerprint density at radius 3 is 3.00 bits per heavy atom. The molecule has 122 valence electrons. The van der Waals surface area contributed by atoms with E-state index in [0.717, 1.165) is 22.0 Å². The van der Waals surface area contributed by atoms with E-state index in [1.54, 1.807) is 4.52 Å². The number of sulfonamides is 1. The lowest BCUT2D eigenvalue weighted by atomic mass is 10.3. The van der Waals surface area contributed by atoms with Gasteiger partial charge in [-0.2, -0.15) is 5.10 Å². The van der Waals surface area contributed by atoms with E-state index in [9.17, 15) is 13.2 Å². The van der Waals surface area contributed by atoms with Crippen LogP contribution in [0.4, 0.5) is 5.13 Å². The minimum atomic E-state index is -3.77. The number of carbonyl (C=O) groups is 1. The zero-order chi connectivity index (χ0) is 16.4. The number of hydrogen-bond acceptors (Lipinski definition) is 9. The normalized spacial score (nSPS) is 11.9. The molecule has 2 N–H and O–H groups in total. The van der Waals surface area contributed by atoms with Gasteiger partial charge in [0.15, 0.2) is 0 Å². The fourth-order valence-electron chi connectivity index (χ4n) is 1.74. The lowest BCUT2D eigenvalue weighted by Crippen LogP contribution is -2.26. The molecule has 0 saturated heterocycles. The number of thiazole rings is 1. The number of hydrogen-bond donors (Lipinski definition) is 2. The highest BCUT2D eigenvalue weighted by Crippen LogP contribution is 2.19. The van der Waals surface area contributed by atoms with Crippen molar-refractivity contribution in [3.63, 3.8) is 0 Å². The molecule has 0 bridgehead atoms. The van der Waals surface area contributed by atoms with Gasteiger partial charge in [0.1, 0.15) is 6.33 Å². The molecule has 0 saturated carbocycles. The zero-order valence-corrected chi connectivity index (χ0v) is 14.2. The largest absolute Gasteiger partial charge is 0.301 e. The maximum Gasteiger partial charge on any atom is 0.269 e. The number of anilines is 1. The number of amides is 1. The smallest absolute Gasteiger partial charge is 0.269 e. The Bertz CT molecular complexity index is 942. The van der Waals surface area contributed by atoms with Crippen LogP contribution in [-0.2, 0) is 21.2 Å². The van der Waals surface area contributed by atoms with E-state index in [1.165, 1.54) is 24.6 Å². The van der Waals surface area contributed by atoms with Crippen LogP contribution in [0.5, 0.6) is 0 Å². The van der Waals surface area contributed by atoms with E-state index in [-0.39, 0.29) is 21.9 Å². The van der Waals surface area contributed by atoms with Gasteiger partial charge in [0.25, 0.3) is 10.0 Å². The van der Waals surface area contributed by atoms with Crippen LogP contribution >= 0.6 is 22.7 Å². The van der Waals surface area contributed by atoms with Crippen molar-refractivity contribution in [1.29, 1.82) is 0 Å². The molecule has 23 heavy (non-hydrogen) atoms. The van der Waals surface area contributed by atoms with Crippen LogP contribution < -0.4 is 10.0 Å². The highest BCUT2D eigenvalue weighted by molar-refractivity contribution is 7.91. The molecule has 3 aromatic heterocycles. The fourth-order valence-corrected chi connectivity index (χ4v) is 4.59. The first kappa shape index (κ1) is 15.9. The van der Waals surface area contributed by atoms with E-state index >= 15 is 0 Å². The van der Waals surface area contributed by atoms with Crippen LogP contribution in [0.2, 0.25) is 0 Å². The Morgan fingerprint density at radius 1 is 1.39 bits per heavy atom. The summed E-state index contributed by atoms with van der Waals surface area (Å²) in [5.74, 6) is -0.340. The third-order valence-corrected chi connectivity index (χ3v) is 6.23. The first-order valence-corrected chi connectivity index (χ1v) is 9.50. The van der Waals surface area contributed by atoms with E-state index in [2.05, 4.69) is 30.3 Å². The van der Waals surface area contributed by atoms with Gasteiger partial charge in [0.2, 0.25) is 20.3 Å². The van der Waals surface area contributed by atoms with Crippen LogP contribution in [0, 0.1) is 0 Å². The first-order chi connectivity index (χ1) is 11.0. The molecule has 3 heterocycles. The second-order valence-corrected chi connectivity index (χ2v) is 8.14. The summed E-state index contributed by atoms with van der Waals surface area (Å²) >= 11 is 2.23. The van der Waals surface area contributed by atoms with Crippen molar-refractivity contribution in [2.24, 2.45) is 0 Å². The monoisotopic (exact) mass is 373 g/mol. The molecule has 0 spiro atoms. The standard InChI is InChI=1S/C10H11N7O3S3/c1-6(18)14-8-15-16-10(22-8)23(19,20)13-3-2-7-4-21-9-11-5-12-17(7)9/h4-5,13H,2-3H2,1H3,(H,14,15,18). The van der Waals surface area contributed by atoms with Crippen molar-refractivity contribution in [3.05, 3.63) is 17.4 Å². The molecular formula is C10H11N7O3S3. The average molecular weight is 373 g/mol. The first-order valence-electron chi connectivity index (χ1n) is 6.32. The Morgan fingerprint density at radius 2 is 2.22 bits per heavy atom. The topological polar surface area (TPSA) is 131 Å². The van der Waals surface area contributed by atoms with Crippen molar-refractivity contribution in [3.8, 4) is 0 Å². The molecule has 1 amide bonds. The van der Waals surface area contributed by atoms with Gasteiger partial charge < -0.3 is 5.32 Å². The summed E-state index contributed by atoms with van der Waals surface area (Å²) in [7, 11) is -3.77. The van der Waals surface area contributed by atoms with Crippen molar-refractivity contribution in [1.82, 2.24) is 29.5 Å². The molecule has 0 aromatic carbocycles. The lowest BCUT2D eigenvalue weighted by molar-refractivity contribution is -0.114. The van der Waals surface area contributed by atoms with Gasteiger partial charge in [0, 0.05) is 25.3 Å². The van der Waals surface area contributed by atoms with Gasteiger partial charge >= 0.3 is 0 Å². The van der Waals surface area contributed by atoms with E-state index in [0.29, 0.717) is 6.42 Å². The maximum atomic E-state index is 12.1. The van der Waals surface area contributed by atoms with Crippen LogP contribution in [0.1, 0.15) is 12.6 Å². The third kappa shape index (κ3) is 3.52. The number of nitrogens with one attached hydrogen (secondary N) is 2. The molecule has 0 atom stereocenters. The number of rotatable bonds is 6. The number of nitrogens with zero attached hydrogens (tertiary/aromatic N) is 5. The van der Waals surface area contributed by atoms with E-state index < -0.39 is 10.0 Å². The summed E-state index contributed by atoms with van der Waals surface area (Å²) in [6.07, 6.45) is 1.91. The Kier molecular flexibility index (Phi) is 4.34. The Balaban J connectivity index is 1.63. The second-order valence-electron chi connectivity index (χ2n) is 4.38. The van der Waals surface area contributed by atoms with E-state index in [1.807, 2.05) is 5.38 Å². The molecule has 0 unspecified atom stereocenters. The predicted molar refractivity (Wildman–Crippen MR) is 84.0 cm³/mol. The molecular weight excluding hydrogens is 362 g/mol. The van der Waals surface area contributed by atoms with Gasteiger partial charge in [-0.25, -0.2) is 22.6 Å². The number of carbonyl (C=O) groups excluding carboxylic acids is 1. The summed E-state index contributed by atoms with van der Waals surface area (Å²) in [6, 6.07) is 0. The summed E-state index contributed by atoms with van der Waals surface area (Å²) < 4.78 is 28.2. The van der Waals surface area contributed by atoms with Crippen molar-refractivity contribution < 1.29 is 13.2 Å². The van der Waals surface area contributed by atoms with Crippen molar-refractivity contribution >= 4 is 48.7 Å². The third-order valence-electron chi connectivity index (χ3n) is 2.68. The highest BCUT2D eigenvalue weighted by atomic mass is 32.2. The number of aromatic nitrogens is 5. The zero-order valence-electron chi connectivity index (χ0n) is 11.8. The predicted octanol–water partition coefficient (Wildman–Crippen LogP) is 0.122. The molecule has 0 fully saturated rings. The second kappa shape index (κ2) is 6.27. The summed E-state index contributed by atoms with van der Waals surface area (Å²) in [6.45, 7) is 1.49. The Hall–Kier alpha value is -1.96. The minimum Gasteiger partial charge on any atom is -0.301 e. The molecule has 3 aromatic rings. The summed E-state index contributed by atoms with van der Waals surface area (Å²) in [5, 5.41) is 15.7. The lowest BCUT2D eigenvalue weighted by Gasteiger charge is -2.02. The molecule has 3 rings (SSSR count). The maximum absolute atomic E-state index is 12.1. The van der Waals surface area contributed by atoms with E-state index in [4.69, 9.17) is 0 Å². The molecule has 10 nitrogen and oxygen atoms in total.